The topological polar surface area (TPSA) is 58.4 Å². The summed E-state index contributed by atoms with van der Waals surface area (Å²) in [6.45, 7) is 4.39. The van der Waals surface area contributed by atoms with E-state index in [0.29, 0.717) is 6.04 Å². The van der Waals surface area contributed by atoms with Crippen LogP contribution in [0.15, 0.2) is 6.07 Å². The lowest BCUT2D eigenvalue weighted by Crippen LogP contribution is -2.40. The number of hydrogen-bond donors (Lipinski definition) is 1. The van der Waals surface area contributed by atoms with Crippen molar-refractivity contribution in [3.8, 4) is 0 Å². The zero-order valence-corrected chi connectivity index (χ0v) is 11.1. The fraction of sp³-hybridized carbons (Fsp3) is 0.692. The predicted molar refractivity (Wildman–Crippen MR) is 68.8 cm³/mol. The molecule has 0 bridgehead atoms. The highest BCUT2D eigenvalue weighted by molar-refractivity contribution is 5.85. The minimum absolute atomic E-state index is 0.267. The Morgan fingerprint density at radius 2 is 2.33 bits per heavy atom. The van der Waals surface area contributed by atoms with E-state index in [1.165, 1.54) is 23.9 Å². The molecule has 100 valence electrons. The maximum Gasteiger partial charge on any atom is 0.354 e. The lowest BCUT2D eigenvalue weighted by atomic mass is 9.98. The fourth-order valence-corrected chi connectivity index (χ4v) is 2.78. The third kappa shape index (κ3) is 2.72. The molecular weight excluding hydrogens is 230 g/mol. The number of aryl methyl sites for hydroxylation is 1. The van der Waals surface area contributed by atoms with E-state index in [9.17, 15) is 4.79 Å². The van der Waals surface area contributed by atoms with E-state index in [2.05, 4.69) is 16.9 Å². The van der Waals surface area contributed by atoms with Crippen molar-refractivity contribution in [3.63, 3.8) is 0 Å². The van der Waals surface area contributed by atoms with Crippen molar-refractivity contribution in [2.45, 2.75) is 38.6 Å². The molecule has 5 heteroatoms. The van der Waals surface area contributed by atoms with Gasteiger partial charge in [0.15, 0.2) is 0 Å². The van der Waals surface area contributed by atoms with Crippen molar-refractivity contribution >= 4 is 5.97 Å². The molecule has 0 aromatic carbocycles. The molecule has 1 fully saturated rings. The molecule has 1 atom stereocenters. The lowest BCUT2D eigenvalue weighted by molar-refractivity contribution is 0.0685. The number of piperidine rings is 1. The van der Waals surface area contributed by atoms with Gasteiger partial charge in [-0.05, 0) is 32.0 Å². The molecule has 18 heavy (non-hydrogen) atoms. The molecule has 0 amide bonds. The zero-order valence-electron chi connectivity index (χ0n) is 11.1. The molecule has 1 aromatic heterocycles. The normalized spacial score (nSPS) is 21.1. The summed E-state index contributed by atoms with van der Waals surface area (Å²) >= 11 is 0. The predicted octanol–water partition coefficient (Wildman–Crippen LogP) is 1.54. The Kier molecular flexibility index (Phi) is 4.01. The summed E-state index contributed by atoms with van der Waals surface area (Å²) in [5, 5.41) is 13.3. The van der Waals surface area contributed by atoms with Gasteiger partial charge in [0.25, 0.3) is 0 Å². The second-order valence-corrected chi connectivity index (χ2v) is 4.93. The molecule has 0 saturated carbocycles. The van der Waals surface area contributed by atoms with Gasteiger partial charge in [0.1, 0.15) is 5.69 Å². The second kappa shape index (κ2) is 5.52. The minimum Gasteiger partial charge on any atom is -0.477 e. The Balaban J connectivity index is 2.08. The summed E-state index contributed by atoms with van der Waals surface area (Å²) in [5.74, 6) is -0.910. The number of aromatic carboxylic acids is 1. The fourth-order valence-electron chi connectivity index (χ4n) is 2.78. The highest BCUT2D eigenvalue weighted by atomic mass is 16.4. The van der Waals surface area contributed by atoms with Crippen molar-refractivity contribution < 1.29 is 9.90 Å². The number of hydrogen-bond acceptors (Lipinski definition) is 3. The van der Waals surface area contributed by atoms with Crippen LogP contribution in [0.1, 0.15) is 42.4 Å². The first-order chi connectivity index (χ1) is 8.61. The average Bonchev–Trinajstić information content (AvgIpc) is 2.71. The number of carboxylic acids is 1. The van der Waals surface area contributed by atoms with Crippen LogP contribution in [-0.2, 0) is 13.5 Å². The van der Waals surface area contributed by atoms with Crippen LogP contribution >= 0.6 is 0 Å². The van der Waals surface area contributed by atoms with Crippen LogP contribution < -0.4 is 0 Å². The quantitative estimate of drug-likeness (QED) is 0.881. The summed E-state index contributed by atoms with van der Waals surface area (Å²) in [6, 6.07) is 2.21. The Hall–Kier alpha value is -1.36. The van der Waals surface area contributed by atoms with Crippen LogP contribution in [0, 0.1) is 0 Å². The SMILES string of the molecule is CCN1CCCCC1Cc1cc(C(=O)O)n(C)n1. The standard InChI is InChI=1S/C13H21N3O2/c1-3-16-7-5-4-6-11(16)8-10-9-12(13(17)18)15(2)14-10/h9,11H,3-8H2,1-2H3,(H,17,18). The molecule has 1 saturated heterocycles. The van der Waals surface area contributed by atoms with Crippen molar-refractivity contribution in [1.82, 2.24) is 14.7 Å². The van der Waals surface area contributed by atoms with Crippen molar-refractivity contribution in [2.75, 3.05) is 13.1 Å². The number of likely N-dealkylation sites (N-methyl/N-ethyl adjacent to an activating group) is 1. The van der Waals surface area contributed by atoms with Crippen LogP contribution in [0.2, 0.25) is 0 Å². The molecule has 0 aliphatic carbocycles. The molecule has 1 unspecified atom stereocenters. The van der Waals surface area contributed by atoms with Gasteiger partial charge in [0.05, 0.1) is 5.69 Å². The van der Waals surface area contributed by atoms with Crippen molar-refractivity contribution in [1.29, 1.82) is 0 Å². The molecule has 1 aliphatic heterocycles. The van der Waals surface area contributed by atoms with E-state index in [1.54, 1.807) is 13.1 Å². The van der Waals surface area contributed by atoms with Gasteiger partial charge in [-0.25, -0.2) is 4.79 Å². The lowest BCUT2D eigenvalue weighted by Gasteiger charge is -2.34. The molecule has 0 spiro atoms. The van der Waals surface area contributed by atoms with E-state index in [4.69, 9.17) is 5.11 Å². The van der Waals surface area contributed by atoms with Crippen LogP contribution in [0.3, 0.4) is 0 Å². The number of carbonyl (C=O) groups is 1. The van der Waals surface area contributed by atoms with E-state index in [0.717, 1.165) is 25.2 Å². The van der Waals surface area contributed by atoms with Crippen LogP contribution in [0.5, 0.6) is 0 Å². The summed E-state index contributed by atoms with van der Waals surface area (Å²) in [4.78, 5) is 13.4. The monoisotopic (exact) mass is 251 g/mol. The van der Waals surface area contributed by atoms with Gasteiger partial charge in [0.2, 0.25) is 0 Å². The van der Waals surface area contributed by atoms with Gasteiger partial charge in [0, 0.05) is 19.5 Å². The number of rotatable bonds is 4. The van der Waals surface area contributed by atoms with Gasteiger partial charge in [-0.2, -0.15) is 5.10 Å². The molecule has 1 aromatic rings. The molecule has 1 N–H and O–H groups in total. The summed E-state index contributed by atoms with van der Waals surface area (Å²) in [5.41, 5.74) is 1.16. The number of nitrogens with zero attached hydrogens (tertiary/aromatic N) is 3. The Morgan fingerprint density at radius 3 is 2.94 bits per heavy atom. The summed E-state index contributed by atoms with van der Waals surface area (Å²) in [6.07, 6.45) is 4.58. The van der Waals surface area contributed by atoms with E-state index < -0.39 is 5.97 Å². The summed E-state index contributed by atoms with van der Waals surface area (Å²) in [7, 11) is 1.69. The second-order valence-electron chi connectivity index (χ2n) is 4.93. The number of likely N-dealkylation sites (tertiary alicyclic amines) is 1. The molecule has 5 nitrogen and oxygen atoms in total. The highest BCUT2D eigenvalue weighted by Gasteiger charge is 2.23. The van der Waals surface area contributed by atoms with Gasteiger partial charge in [-0.3, -0.25) is 4.68 Å². The van der Waals surface area contributed by atoms with Crippen LogP contribution in [0.4, 0.5) is 0 Å². The van der Waals surface area contributed by atoms with E-state index in [-0.39, 0.29) is 5.69 Å². The number of aromatic nitrogens is 2. The molecule has 2 heterocycles. The maximum absolute atomic E-state index is 11.0. The average molecular weight is 251 g/mol. The van der Waals surface area contributed by atoms with Crippen molar-refractivity contribution in [2.24, 2.45) is 7.05 Å². The van der Waals surface area contributed by atoms with Crippen LogP contribution in [-0.4, -0.2) is 44.9 Å². The highest BCUT2D eigenvalue weighted by Crippen LogP contribution is 2.20. The van der Waals surface area contributed by atoms with Gasteiger partial charge in [-0.15, -0.1) is 0 Å². The molecular formula is C13H21N3O2. The first-order valence-corrected chi connectivity index (χ1v) is 6.62. The first-order valence-electron chi connectivity index (χ1n) is 6.62. The first kappa shape index (κ1) is 13.1. The minimum atomic E-state index is -0.910. The van der Waals surface area contributed by atoms with Gasteiger partial charge in [-0.1, -0.05) is 13.3 Å². The smallest absolute Gasteiger partial charge is 0.354 e. The molecule has 2 rings (SSSR count). The maximum atomic E-state index is 11.0. The van der Waals surface area contributed by atoms with Crippen LogP contribution in [0.25, 0.3) is 0 Å². The van der Waals surface area contributed by atoms with E-state index >= 15 is 0 Å². The molecule has 1 aliphatic rings. The Labute approximate surface area is 107 Å². The van der Waals surface area contributed by atoms with Gasteiger partial charge >= 0.3 is 5.97 Å². The Morgan fingerprint density at radius 1 is 1.56 bits per heavy atom. The van der Waals surface area contributed by atoms with Gasteiger partial charge < -0.3 is 10.0 Å². The zero-order chi connectivity index (χ0) is 13.1. The largest absolute Gasteiger partial charge is 0.477 e. The third-order valence-electron chi connectivity index (χ3n) is 3.75. The third-order valence-corrected chi connectivity index (χ3v) is 3.75. The molecule has 0 radical (unpaired) electrons. The summed E-state index contributed by atoms with van der Waals surface area (Å²) < 4.78 is 1.46. The number of carboxylic acid groups (broad SMARTS) is 1. The van der Waals surface area contributed by atoms with E-state index in [1.807, 2.05) is 0 Å². The Bertz CT molecular complexity index is 428. The van der Waals surface area contributed by atoms with Crippen molar-refractivity contribution in [3.05, 3.63) is 17.5 Å².